The zero-order chi connectivity index (χ0) is 24.4. The molecule has 3 atom stereocenters. The number of amides is 3. The summed E-state index contributed by atoms with van der Waals surface area (Å²) in [5, 5.41) is 11.7. The molecule has 3 amide bonds. The smallest absolute Gasteiger partial charge is 0.307 e. The van der Waals surface area contributed by atoms with Gasteiger partial charge in [0.05, 0.1) is 22.8 Å². The van der Waals surface area contributed by atoms with Crippen molar-refractivity contribution in [3.63, 3.8) is 0 Å². The molecule has 1 fully saturated rings. The van der Waals surface area contributed by atoms with E-state index in [0.717, 1.165) is 16.0 Å². The Bertz CT molecular complexity index is 1170. The van der Waals surface area contributed by atoms with Gasteiger partial charge in [-0.3, -0.25) is 19.2 Å². The number of benzene rings is 2. The molecule has 2 N–H and O–H groups in total. The Morgan fingerprint density at radius 2 is 1.65 bits per heavy atom. The third-order valence-electron chi connectivity index (χ3n) is 6.34. The Kier molecular flexibility index (Phi) is 6.88. The molecule has 4 rings (SSSR count). The average molecular weight is 479 g/mol. The van der Waals surface area contributed by atoms with Gasteiger partial charge in [0.1, 0.15) is 0 Å². The van der Waals surface area contributed by atoms with Crippen LogP contribution in [0.4, 0.5) is 11.4 Å². The maximum Gasteiger partial charge on any atom is 0.307 e. The Labute approximate surface area is 202 Å². The maximum atomic E-state index is 13.0. The van der Waals surface area contributed by atoms with Gasteiger partial charge in [0, 0.05) is 17.0 Å². The molecule has 2 aliphatic rings. The lowest BCUT2D eigenvalue weighted by molar-refractivity contribution is -0.146. The lowest BCUT2D eigenvalue weighted by atomic mass is 9.82. The summed E-state index contributed by atoms with van der Waals surface area (Å²) in [7, 11) is 0. The molecule has 176 valence electrons. The van der Waals surface area contributed by atoms with Crippen LogP contribution in [0.2, 0.25) is 0 Å². The number of nitrogens with zero attached hydrogens (tertiary/aromatic N) is 1. The molecule has 1 aliphatic carbocycles. The SMILES string of the molecule is Cc1ccc(N2C(=O)C[C@H](Sc3ccc(NC(=O)[C@H]4CC=CC[C@H]4C(=O)O)cc3)C2=O)cc1C. The molecular formula is C26H26N2O5S. The monoisotopic (exact) mass is 478 g/mol. The molecular weight excluding hydrogens is 452 g/mol. The molecule has 1 saturated heterocycles. The number of aliphatic carboxylic acids is 1. The summed E-state index contributed by atoms with van der Waals surface area (Å²) in [6, 6.07) is 12.6. The highest BCUT2D eigenvalue weighted by Crippen LogP contribution is 2.35. The topological polar surface area (TPSA) is 104 Å². The van der Waals surface area contributed by atoms with Crippen LogP contribution < -0.4 is 10.2 Å². The Morgan fingerprint density at radius 3 is 2.29 bits per heavy atom. The fourth-order valence-electron chi connectivity index (χ4n) is 4.23. The molecule has 0 bridgehead atoms. The number of carbonyl (C=O) groups excluding carboxylic acids is 3. The highest BCUT2D eigenvalue weighted by Gasteiger charge is 2.40. The number of carboxylic acids is 1. The predicted octanol–water partition coefficient (Wildman–Crippen LogP) is 4.33. The number of thioether (sulfide) groups is 1. The fraction of sp³-hybridized carbons (Fsp3) is 0.308. The van der Waals surface area contributed by atoms with Crippen molar-refractivity contribution in [1.82, 2.24) is 0 Å². The average Bonchev–Trinajstić information content (AvgIpc) is 3.09. The molecule has 34 heavy (non-hydrogen) atoms. The molecule has 2 aromatic carbocycles. The van der Waals surface area contributed by atoms with Crippen molar-refractivity contribution in [2.75, 3.05) is 10.2 Å². The number of hydrogen-bond donors (Lipinski definition) is 2. The second-order valence-electron chi connectivity index (χ2n) is 8.65. The second kappa shape index (κ2) is 9.85. The first-order valence-electron chi connectivity index (χ1n) is 11.1. The van der Waals surface area contributed by atoms with E-state index >= 15 is 0 Å². The van der Waals surface area contributed by atoms with E-state index in [4.69, 9.17) is 0 Å². The van der Waals surface area contributed by atoms with Gasteiger partial charge in [-0.2, -0.15) is 0 Å². The highest BCUT2D eigenvalue weighted by molar-refractivity contribution is 8.00. The zero-order valence-electron chi connectivity index (χ0n) is 19.0. The third kappa shape index (κ3) is 4.92. The molecule has 0 unspecified atom stereocenters. The minimum atomic E-state index is -0.970. The number of rotatable bonds is 6. The van der Waals surface area contributed by atoms with E-state index in [1.165, 1.54) is 16.7 Å². The van der Waals surface area contributed by atoms with Crippen LogP contribution >= 0.6 is 11.8 Å². The highest BCUT2D eigenvalue weighted by atomic mass is 32.2. The van der Waals surface area contributed by atoms with Crippen LogP contribution in [-0.2, 0) is 19.2 Å². The third-order valence-corrected chi connectivity index (χ3v) is 7.54. The van der Waals surface area contributed by atoms with E-state index < -0.39 is 23.1 Å². The van der Waals surface area contributed by atoms with E-state index in [9.17, 15) is 24.3 Å². The van der Waals surface area contributed by atoms with E-state index in [2.05, 4.69) is 5.32 Å². The minimum Gasteiger partial charge on any atom is -0.481 e. The van der Waals surface area contributed by atoms with Crippen LogP contribution in [0.15, 0.2) is 59.5 Å². The van der Waals surface area contributed by atoms with Gasteiger partial charge < -0.3 is 10.4 Å². The van der Waals surface area contributed by atoms with Gasteiger partial charge >= 0.3 is 5.97 Å². The van der Waals surface area contributed by atoms with Crippen molar-refractivity contribution >= 4 is 46.8 Å². The number of allylic oxidation sites excluding steroid dienone is 2. The van der Waals surface area contributed by atoms with Crippen molar-refractivity contribution in [3.05, 3.63) is 65.7 Å². The lowest BCUT2D eigenvalue weighted by Crippen LogP contribution is -2.34. The van der Waals surface area contributed by atoms with Crippen LogP contribution in [0, 0.1) is 25.7 Å². The molecule has 0 saturated carbocycles. The normalized spacial score (nSPS) is 22.2. The summed E-state index contributed by atoms with van der Waals surface area (Å²) in [5.74, 6) is -3.09. The molecule has 8 heteroatoms. The standard InChI is InChI=1S/C26H26N2O5S/c1-15-7-10-18(13-16(15)2)28-23(29)14-22(25(28)31)34-19-11-8-17(9-12-19)27-24(30)20-5-3-4-6-21(20)26(32)33/h3-4,7-13,20-22H,5-6,14H2,1-2H3,(H,27,30)(H,32,33)/t20-,21+,22-/m0/s1. The summed E-state index contributed by atoms with van der Waals surface area (Å²) in [6.07, 6.45) is 4.50. The van der Waals surface area contributed by atoms with E-state index in [1.54, 1.807) is 36.4 Å². The van der Waals surface area contributed by atoms with Gasteiger partial charge in [-0.1, -0.05) is 18.2 Å². The summed E-state index contributed by atoms with van der Waals surface area (Å²) in [6.45, 7) is 3.93. The van der Waals surface area contributed by atoms with E-state index in [0.29, 0.717) is 24.2 Å². The molecule has 0 radical (unpaired) electrons. The summed E-state index contributed by atoms with van der Waals surface area (Å²) in [4.78, 5) is 51.7. The van der Waals surface area contributed by atoms with Gasteiger partial charge in [0.15, 0.2) is 0 Å². The van der Waals surface area contributed by atoms with Crippen molar-refractivity contribution in [3.8, 4) is 0 Å². The van der Waals surface area contributed by atoms with Gasteiger partial charge in [0.2, 0.25) is 17.7 Å². The number of carbonyl (C=O) groups is 4. The number of nitrogens with one attached hydrogen (secondary N) is 1. The van der Waals surface area contributed by atoms with Gasteiger partial charge in [-0.15, -0.1) is 11.8 Å². The Balaban J connectivity index is 1.40. The van der Waals surface area contributed by atoms with Crippen molar-refractivity contribution < 1.29 is 24.3 Å². The molecule has 2 aromatic rings. The first-order chi connectivity index (χ1) is 16.2. The number of hydrogen-bond acceptors (Lipinski definition) is 5. The van der Waals surface area contributed by atoms with E-state index in [-0.39, 0.29) is 24.1 Å². The molecule has 1 heterocycles. The number of imide groups is 1. The lowest BCUT2D eigenvalue weighted by Gasteiger charge is -2.24. The van der Waals surface area contributed by atoms with Crippen LogP contribution in [0.25, 0.3) is 0 Å². The largest absolute Gasteiger partial charge is 0.481 e. The molecule has 1 aliphatic heterocycles. The van der Waals surface area contributed by atoms with Crippen LogP contribution in [0.3, 0.4) is 0 Å². The van der Waals surface area contributed by atoms with Crippen molar-refractivity contribution in [2.24, 2.45) is 11.8 Å². The number of aryl methyl sites for hydroxylation is 2. The van der Waals surface area contributed by atoms with Crippen molar-refractivity contribution in [1.29, 1.82) is 0 Å². The minimum absolute atomic E-state index is 0.126. The van der Waals surface area contributed by atoms with Gasteiger partial charge in [-0.05, 0) is 74.2 Å². The summed E-state index contributed by atoms with van der Waals surface area (Å²) < 4.78 is 0. The fourth-order valence-corrected chi connectivity index (χ4v) is 5.28. The quantitative estimate of drug-likeness (QED) is 0.473. The number of carboxylic acid groups (broad SMARTS) is 1. The van der Waals surface area contributed by atoms with Crippen LogP contribution in [0.5, 0.6) is 0 Å². The Morgan fingerprint density at radius 1 is 0.971 bits per heavy atom. The van der Waals surface area contributed by atoms with Gasteiger partial charge in [0.25, 0.3) is 0 Å². The summed E-state index contributed by atoms with van der Waals surface area (Å²) in [5.41, 5.74) is 3.26. The second-order valence-corrected chi connectivity index (χ2v) is 9.93. The first-order valence-corrected chi connectivity index (χ1v) is 12.0. The van der Waals surface area contributed by atoms with E-state index in [1.807, 2.05) is 32.1 Å². The number of anilines is 2. The maximum absolute atomic E-state index is 13.0. The van der Waals surface area contributed by atoms with Crippen LogP contribution in [0.1, 0.15) is 30.4 Å². The van der Waals surface area contributed by atoms with Crippen LogP contribution in [-0.4, -0.2) is 34.0 Å². The summed E-state index contributed by atoms with van der Waals surface area (Å²) >= 11 is 1.32. The molecule has 7 nitrogen and oxygen atoms in total. The first kappa shape index (κ1) is 23.8. The molecule has 0 aromatic heterocycles. The van der Waals surface area contributed by atoms with Gasteiger partial charge in [-0.25, -0.2) is 4.90 Å². The van der Waals surface area contributed by atoms with Crippen molar-refractivity contribution in [2.45, 2.75) is 43.3 Å². The Hall–Kier alpha value is -3.39. The zero-order valence-corrected chi connectivity index (χ0v) is 19.8. The molecule has 0 spiro atoms. The predicted molar refractivity (Wildman–Crippen MR) is 131 cm³/mol.